The first-order valence-corrected chi connectivity index (χ1v) is 5.80. The van der Waals surface area contributed by atoms with Gasteiger partial charge in [0.1, 0.15) is 17.8 Å². The SMILES string of the molecule is O=C(Nc1cnoc1)c1ccc(F)cc1C#CCCO. The Hall–Kier alpha value is -2.65. The molecule has 0 saturated carbocycles. The summed E-state index contributed by atoms with van der Waals surface area (Å²) >= 11 is 0. The molecule has 0 bridgehead atoms. The Labute approximate surface area is 114 Å². The second-order valence-electron chi connectivity index (χ2n) is 3.83. The summed E-state index contributed by atoms with van der Waals surface area (Å²) in [6.07, 6.45) is 2.88. The molecule has 0 atom stereocenters. The van der Waals surface area contributed by atoms with Crippen molar-refractivity contribution in [3.63, 3.8) is 0 Å². The summed E-state index contributed by atoms with van der Waals surface area (Å²) in [4.78, 5) is 12.1. The summed E-state index contributed by atoms with van der Waals surface area (Å²) < 4.78 is 17.8. The van der Waals surface area contributed by atoms with Gasteiger partial charge in [0, 0.05) is 12.0 Å². The van der Waals surface area contributed by atoms with Crippen molar-refractivity contribution in [2.45, 2.75) is 6.42 Å². The number of carbonyl (C=O) groups excluding carboxylic acids is 1. The largest absolute Gasteiger partial charge is 0.395 e. The summed E-state index contributed by atoms with van der Waals surface area (Å²) in [6.45, 7) is -0.0927. The van der Waals surface area contributed by atoms with Crippen LogP contribution in [0.4, 0.5) is 10.1 Å². The number of hydrogen-bond donors (Lipinski definition) is 2. The van der Waals surface area contributed by atoms with Gasteiger partial charge in [-0.1, -0.05) is 17.0 Å². The molecular formula is C14H11FN2O3. The number of hydrogen-bond acceptors (Lipinski definition) is 4. The molecule has 0 aliphatic heterocycles. The number of anilines is 1. The highest BCUT2D eigenvalue weighted by atomic mass is 19.1. The summed E-state index contributed by atoms with van der Waals surface area (Å²) in [5.41, 5.74) is 0.888. The van der Waals surface area contributed by atoms with Crippen LogP contribution in [-0.4, -0.2) is 22.8 Å². The van der Waals surface area contributed by atoms with Gasteiger partial charge in [0.05, 0.1) is 18.4 Å². The molecule has 0 aliphatic rings. The van der Waals surface area contributed by atoms with Crippen molar-refractivity contribution >= 4 is 11.6 Å². The van der Waals surface area contributed by atoms with E-state index in [4.69, 9.17) is 5.11 Å². The summed E-state index contributed by atoms with van der Waals surface area (Å²) in [6, 6.07) is 3.70. The van der Waals surface area contributed by atoms with E-state index in [2.05, 4.69) is 26.8 Å². The molecule has 0 saturated heterocycles. The number of amides is 1. The van der Waals surface area contributed by atoms with Gasteiger partial charge in [-0.2, -0.15) is 0 Å². The molecule has 0 fully saturated rings. The van der Waals surface area contributed by atoms with Crippen molar-refractivity contribution < 1.29 is 18.8 Å². The number of halogens is 1. The first kappa shape index (κ1) is 13.8. The molecule has 1 aromatic carbocycles. The summed E-state index contributed by atoms with van der Waals surface area (Å²) in [7, 11) is 0. The third-order valence-corrected chi connectivity index (χ3v) is 2.38. The zero-order valence-electron chi connectivity index (χ0n) is 10.4. The van der Waals surface area contributed by atoms with E-state index in [1.54, 1.807) is 0 Å². The second-order valence-corrected chi connectivity index (χ2v) is 3.83. The Balaban J connectivity index is 2.26. The Kier molecular flexibility index (Phi) is 4.47. The second kappa shape index (κ2) is 6.50. The Morgan fingerprint density at radius 2 is 2.35 bits per heavy atom. The van der Waals surface area contributed by atoms with Gasteiger partial charge in [0.15, 0.2) is 0 Å². The molecule has 0 aliphatic carbocycles. The van der Waals surface area contributed by atoms with Gasteiger partial charge < -0.3 is 14.9 Å². The fourth-order valence-corrected chi connectivity index (χ4v) is 1.50. The number of benzene rings is 1. The van der Waals surface area contributed by atoms with Gasteiger partial charge in [-0.15, -0.1) is 0 Å². The van der Waals surface area contributed by atoms with Crippen LogP contribution < -0.4 is 5.32 Å². The topological polar surface area (TPSA) is 75.4 Å². The predicted octanol–water partition coefficient (Wildman–Crippen LogP) is 1.80. The van der Waals surface area contributed by atoms with Crippen LogP contribution in [0.25, 0.3) is 0 Å². The highest BCUT2D eigenvalue weighted by Crippen LogP contribution is 2.13. The molecule has 20 heavy (non-hydrogen) atoms. The Morgan fingerprint density at radius 1 is 1.50 bits per heavy atom. The molecule has 0 radical (unpaired) electrons. The summed E-state index contributed by atoms with van der Waals surface area (Å²) in [5, 5.41) is 14.7. The smallest absolute Gasteiger partial charge is 0.257 e. The standard InChI is InChI=1S/C14H11FN2O3/c15-11-4-5-13(10(7-11)3-1-2-6-18)14(19)17-12-8-16-20-9-12/h4-5,7-9,18H,2,6H2,(H,17,19). The number of carbonyl (C=O) groups is 1. The van der Waals surface area contributed by atoms with Gasteiger partial charge in [-0.05, 0) is 18.2 Å². The van der Waals surface area contributed by atoms with Gasteiger partial charge in [0.25, 0.3) is 5.91 Å². The molecule has 2 rings (SSSR count). The number of rotatable bonds is 3. The normalized spacial score (nSPS) is 9.70. The van der Waals surface area contributed by atoms with Crippen molar-refractivity contribution in [1.29, 1.82) is 0 Å². The molecule has 0 spiro atoms. The van der Waals surface area contributed by atoms with E-state index < -0.39 is 11.7 Å². The lowest BCUT2D eigenvalue weighted by Crippen LogP contribution is -2.13. The average Bonchev–Trinajstić information content (AvgIpc) is 2.92. The maximum atomic E-state index is 13.2. The number of nitrogens with zero attached hydrogens (tertiary/aromatic N) is 1. The van der Waals surface area contributed by atoms with E-state index in [1.165, 1.54) is 30.7 Å². The van der Waals surface area contributed by atoms with E-state index in [1.807, 2.05) is 0 Å². The number of aliphatic hydroxyl groups excluding tert-OH is 1. The molecule has 2 aromatic rings. The van der Waals surface area contributed by atoms with Crippen LogP contribution in [0.2, 0.25) is 0 Å². The molecule has 6 heteroatoms. The van der Waals surface area contributed by atoms with Crippen molar-refractivity contribution in [2.24, 2.45) is 0 Å². The molecular weight excluding hydrogens is 263 g/mol. The molecule has 5 nitrogen and oxygen atoms in total. The van der Waals surface area contributed by atoms with E-state index in [0.29, 0.717) is 5.69 Å². The maximum Gasteiger partial charge on any atom is 0.257 e. The van der Waals surface area contributed by atoms with Crippen molar-refractivity contribution in [3.05, 3.63) is 47.6 Å². The predicted molar refractivity (Wildman–Crippen MR) is 69.4 cm³/mol. The van der Waals surface area contributed by atoms with Crippen molar-refractivity contribution in [2.75, 3.05) is 11.9 Å². The van der Waals surface area contributed by atoms with Crippen LogP contribution >= 0.6 is 0 Å². The molecule has 1 heterocycles. The minimum absolute atomic E-state index is 0.0927. The Bertz CT molecular complexity index is 657. The zero-order chi connectivity index (χ0) is 14.4. The zero-order valence-corrected chi connectivity index (χ0v) is 10.4. The lowest BCUT2D eigenvalue weighted by molar-refractivity contribution is 0.102. The summed E-state index contributed by atoms with van der Waals surface area (Å²) in [5.74, 6) is 4.39. The first-order chi connectivity index (χ1) is 9.70. The minimum Gasteiger partial charge on any atom is -0.395 e. The van der Waals surface area contributed by atoms with Crippen molar-refractivity contribution in [3.8, 4) is 11.8 Å². The number of aliphatic hydroxyl groups is 1. The first-order valence-electron chi connectivity index (χ1n) is 5.80. The third kappa shape index (κ3) is 3.43. The van der Waals surface area contributed by atoms with Crippen LogP contribution in [0.1, 0.15) is 22.3 Å². The van der Waals surface area contributed by atoms with Crippen LogP contribution in [-0.2, 0) is 0 Å². The Morgan fingerprint density at radius 3 is 3.05 bits per heavy atom. The van der Waals surface area contributed by atoms with Crippen molar-refractivity contribution in [1.82, 2.24) is 5.16 Å². The monoisotopic (exact) mass is 274 g/mol. The molecule has 1 aromatic heterocycles. The van der Waals surface area contributed by atoms with Gasteiger partial charge in [-0.25, -0.2) is 4.39 Å². The minimum atomic E-state index is -0.486. The van der Waals surface area contributed by atoms with E-state index >= 15 is 0 Å². The highest BCUT2D eigenvalue weighted by molar-refractivity contribution is 6.05. The van der Waals surface area contributed by atoms with E-state index in [-0.39, 0.29) is 24.2 Å². The maximum absolute atomic E-state index is 13.2. The molecule has 2 N–H and O–H groups in total. The van der Waals surface area contributed by atoms with Crippen LogP contribution in [0.3, 0.4) is 0 Å². The average molecular weight is 274 g/mol. The fourth-order valence-electron chi connectivity index (χ4n) is 1.50. The molecule has 1 amide bonds. The van der Waals surface area contributed by atoms with Crippen LogP contribution in [0, 0.1) is 17.7 Å². The lowest BCUT2D eigenvalue weighted by atomic mass is 10.1. The molecule has 0 unspecified atom stereocenters. The third-order valence-electron chi connectivity index (χ3n) is 2.38. The van der Waals surface area contributed by atoms with Gasteiger partial charge in [-0.3, -0.25) is 4.79 Å². The fraction of sp³-hybridized carbons (Fsp3) is 0.143. The van der Waals surface area contributed by atoms with Gasteiger partial charge in [0.2, 0.25) is 0 Å². The lowest BCUT2D eigenvalue weighted by Gasteiger charge is -2.04. The van der Waals surface area contributed by atoms with Crippen LogP contribution in [0.5, 0.6) is 0 Å². The van der Waals surface area contributed by atoms with Gasteiger partial charge >= 0.3 is 0 Å². The van der Waals surface area contributed by atoms with E-state index in [0.717, 1.165) is 0 Å². The van der Waals surface area contributed by atoms with E-state index in [9.17, 15) is 9.18 Å². The quantitative estimate of drug-likeness (QED) is 0.837. The number of aromatic nitrogens is 1. The molecule has 102 valence electrons. The number of nitrogens with one attached hydrogen (secondary N) is 1. The van der Waals surface area contributed by atoms with Crippen LogP contribution in [0.15, 0.2) is 35.2 Å². The highest BCUT2D eigenvalue weighted by Gasteiger charge is 2.12.